The molecule has 0 saturated carbocycles. The smallest absolute Gasteiger partial charge is 0.298 e. The lowest BCUT2D eigenvalue weighted by molar-refractivity contribution is -0.120. The molecule has 122 valence electrons. The van der Waals surface area contributed by atoms with Gasteiger partial charge in [0.15, 0.2) is 0 Å². The molecule has 0 aliphatic heterocycles. The van der Waals surface area contributed by atoms with E-state index < -0.39 is 51.0 Å². The molecule has 0 bridgehead atoms. The van der Waals surface area contributed by atoms with E-state index in [-0.39, 0.29) is 10.6 Å². The maximum Gasteiger partial charge on any atom is 0.298 e. The van der Waals surface area contributed by atoms with E-state index in [1.165, 1.54) is 0 Å². The first-order valence-electron chi connectivity index (χ1n) is 5.78. The SMILES string of the molecule is NC(=O)CC(c1cc(Cl)cc(S(=O)(=O)O)c1O)[C@H](N)C(N)=O. The molecule has 0 radical (unpaired) electrons. The highest BCUT2D eigenvalue weighted by molar-refractivity contribution is 7.86. The molecule has 1 aromatic rings. The van der Waals surface area contributed by atoms with Gasteiger partial charge in [0.25, 0.3) is 10.1 Å². The summed E-state index contributed by atoms with van der Waals surface area (Å²) in [4.78, 5) is 21.5. The maximum atomic E-state index is 11.2. The minimum atomic E-state index is -4.79. The summed E-state index contributed by atoms with van der Waals surface area (Å²) in [6, 6.07) is 0.459. The number of rotatable bonds is 6. The molecule has 0 aliphatic rings. The van der Waals surface area contributed by atoms with Gasteiger partial charge >= 0.3 is 0 Å². The largest absolute Gasteiger partial charge is 0.506 e. The number of aromatic hydroxyl groups is 1. The summed E-state index contributed by atoms with van der Waals surface area (Å²) in [6.45, 7) is 0. The molecule has 2 atom stereocenters. The van der Waals surface area contributed by atoms with Crippen LogP contribution in [0.1, 0.15) is 17.9 Å². The first-order valence-corrected chi connectivity index (χ1v) is 7.60. The van der Waals surface area contributed by atoms with Crippen LogP contribution in [-0.2, 0) is 19.7 Å². The van der Waals surface area contributed by atoms with Crippen LogP contribution in [0.25, 0.3) is 0 Å². The Balaban J connectivity index is 3.58. The molecule has 0 spiro atoms. The molecule has 1 rings (SSSR count). The number of halogens is 1. The normalized spacial score (nSPS) is 14.3. The number of carbonyl (C=O) groups is 2. The number of phenolic OH excluding ortho intramolecular Hbond substituents is 1. The average Bonchev–Trinajstić information content (AvgIpc) is 2.36. The van der Waals surface area contributed by atoms with Crippen molar-refractivity contribution < 1.29 is 27.7 Å². The van der Waals surface area contributed by atoms with Gasteiger partial charge in [-0.25, -0.2) is 0 Å². The number of carbonyl (C=O) groups excluding carboxylic acids is 2. The molecule has 0 aliphatic carbocycles. The quantitative estimate of drug-likeness (QED) is 0.409. The first-order chi connectivity index (χ1) is 9.95. The Kier molecular flexibility index (Phi) is 5.35. The van der Waals surface area contributed by atoms with Crippen LogP contribution < -0.4 is 17.2 Å². The fraction of sp³-hybridized carbons (Fsp3) is 0.273. The minimum Gasteiger partial charge on any atom is -0.506 e. The summed E-state index contributed by atoms with van der Waals surface area (Å²) in [7, 11) is -4.79. The van der Waals surface area contributed by atoms with Crippen molar-refractivity contribution in [3.63, 3.8) is 0 Å². The number of hydrogen-bond acceptors (Lipinski definition) is 6. The number of primary amides is 2. The molecule has 0 heterocycles. The zero-order valence-electron chi connectivity index (χ0n) is 11.1. The lowest BCUT2D eigenvalue weighted by atomic mass is 9.87. The van der Waals surface area contributed by atoms with Crippen molar-refractivity contribution in [1.29, 1.82) is 0 Å². The van der Waals surface area contributed by atoms with Gasteiger partial charge in [0.2, 0.25) is 11.8 Å². The van der Waals surface area contributed by atoms with Gasteiger partial charge in [-0.3, -0.25) is 14.1 Å². The van der Waals surface area contributed by atoms with Gasteiger partial charge in [-0.1, -0.05) is 11.6 Å². The van der Waals surface area contributed by atoms with Crippen LogP contribution in [0.4, 0.5) is 0 Å². The Morgan fingerprint density at radius 3 is 2.23 bits per heavy atom. The predicted octanol–water partition coefficient (Wildman–Crippen LogP) is -0.936. The van der Waals surface area contributed by atoms with E-state index in [4.69, 9.17) is 33.4 Å². The second-order valence-electron chi connectivity index (χ2n) is 4.52. The Morgan fingerprint density at radius 2 is 1.82 bits per heavy atom. The molecule has 1 aromatic carbocycles. The summed E-state index contributed by atoms with van der Waals surface area (Å²) in [5.41, 5.74) is 15.4. The van der Waals surface area contributed by atoms with Crippen LogP contribution in [0.5, 0.6) is 5.75 Å². The molecule has 11 heteroatoms. The molecule has 0 saturated heterocycles. The van der Waals surface area contributed by atoms with E-state index in [1.807, 2.05) is 0 Å². The molecule has 0 aromatic heterocycles. The van der Waals surface area contributed by atoms with Crippen molar-refractivity contribution in [3.05, 3.63) is 22.7 Å². The first kappa shape index (κ1) is 18.2. The summed E-state index contributed by atoms with van der Waals surface area (Å²) >= 11 is 5.73. The van der Waals surface area contributed by atoms with Gasteiger partial charge in [-0.15, -0.1) is 0 Å². The molecule has 22 heavy (non-hydrogen) atoms. The summed E-state index contributed by atoms with van der Waals surface area (Å²) in [5, 5.41) is 9.83. The minimum absolute atomic E-state index is 0.174. The van der Waals surface area contributed by atoms with Crippen molar-refractivity contribution in [1.82, 2.24) is 0 Å². The van der Waals surface area contributed by atoms with Crippen molar-refractivity contribution in [2.24, 2.45) is 17.2 Å². The third-order valence-corrected chi connectivity index (χ3v) is 4.01. The topological polar surface area (TPSA) is 187 Å². The van der Waals surface area contributed by atoms with Crippen molar-refractivity contribution >= 4 is 33.5 Å². The van der Waals surface area contributed by atoms with E-state index >= 15 is 0 Å². The molecular formula is C11H14ClN3O6S. The van der Waals surface area contributed by atoms with Crippen LogP contribution in [-0.4, -0.2) is 35.9 Å². The van der Waals surface area contributed by atoms with Gasteiger partial charge in [0.1, 0.15) is 10.6 Å². The highest BCUT2D eigenvalue weighted by Crippen LogP contribution is 2.37. The average molecular weight is 352 g/mol. The third kappa shape index (κ3) is 4.07. The highest BCUT2D eigenvalue weighted by atomic mass is 35.5. The monoisotopic (exact) mass is 351 g/mol. The second kappa shape index (κ2) is 6.48. The van der Waals surface area contributed by atoms with Crippen LogP contribution in [0, 0.1) is 0 Å². The maximum absolute atomic E-state index is 11.2. The molecule has 8 N–H and O–H groups in total. The van der Waals surface area contributed by atoms with Crippen LogP contribution >= 0.6 is 11.6 Å². The fourth-order valence-corrected chi connectivity index (χ4v) is 2.85. The van der Waals surface area contributed by atoms with Crippen LogP contribution in [0.2, 0.25) is 5.02 Å². The highest BCUT2D eigenvalue weighted by Gasteiger charge is 2.31. The van der Waals surface area contributed by atoms with Crippen molar-refractivity contribution in [2.45, 2.75) is 23.3 Å². The second-order valence-corrected chi connectivity index (χ2v) is 6.35. The van der Waals surface area contributed by atoms with E-state index in [1.54, 1.807) is 0 Å². The Hall–Kier alpha value is -1.88. The van der Waals surface area contributed by atoms with E-state index in [2.05, 4.69) is 0 Å². The van der Waals surface area contributed by atoms with Gasteiger partial charge in [0.05, 0.1) is 6.04 Å². The Labute approximate surface area is 130 Å². The van der Waals surface area contributed by atoms with E-state index in [9.17, 15) is 23.1 Å². The van der Waals surface area contributed by atoms with Gasteiger partial charge in [-0.05, 0) is 12.1 Å². The number of phenols is 1. The van der Waals surface area contributed by atoms with Gasteiger partial charge < -0.3 is 22.3 Å². The summed E-state index contributed by atoms with van der Waals surface area (Å²) in [6.07, 6.45) is -0.497. The number of hydrogen-bond donors (Lipinski definition) is 5. The summed E-state index contributed by atoms with van der Waals surface area (Å²) in [5.74, 6) is -3.97. The van der Waals surface area contributed by atoms with Crippen LogP contribution in [0.15, 0.2) is 17.0 Å². The number of benzene rings is 1. The molecule has 9 nitrogen and oxygen atoms in total. The van der Waals surface area contributed by atoms with Crippen molar-refractivity contribution in [2.75, 3.05) is 0 Å². The Morgan fingerprint density at radius 1 is 1.27 bits per heavy atom. The van der Waals surface area contributed by atoms with Crippen LogP contribution in [0.3, 0.4) is 0 Å². The third-order valence-electron chi connectivity index (χ3n) is 2.93. The molecule has 1 unspecified atom stereocenters. The van der Waals surface area contributed by atoms with E-state index in [0.29, 0.717) is 0 Å². The fourth-order valence-electron chi connectivity index (χ4n) is 1.92. The zero-order valence-corrected chi connectivity index (χ0v) is 12.6. The molecule has 0 fully saturated rings. The zero-order chi connectivity index (χ0) is 17.2. The molecular weight excluding hydrogens is 338 g/mol. The van der Waals surface area contributed by atoms with Gasteiger partial charge in [-0.2, -0.15) is 8.42 Å². The Bertz CT molecular complexity index is 721. The predicted molar refractivity (Wildman–Crippen MR) is 76.7 cm³/mol. The van der Waals surface area contributed by atoms with Crippen molar-refractivity contribution in [3.8, 4) is 5.75 Å². The number of nitrogens with two attached hydrogens (primary N) is 3. The lowest BCUT2D eigenvalue weighted by Crippen LogP contribution is -2.42. The van der Waals surface area contributed by atoms with Gasteiger partial charge in [0, 0.05) is 22.9 Å². The van der Waals surface area contributed by atoms with E-state index in [0.717, 1.165) is 12.1 Å². The summed E-state index contributed by atoms with van der Waals surface area (Å²) < 4.78 is 31.5. The number of amides is 2. The lowest BCUT2D eigenvalue weighted by Gasteiger charge is -2.22. The molecule has 2 amide bonds. The standard InChI is InChI=1S/C11H14ClN3O6S/c12-4-1-6(10(17)7(2-4)22(19,20)21)5(3-8(13)16)9(14)11(15)18/h1-2,5,9,17H,3,14H2,(H2,13,16)(H2,15,18)(H,19,20,21)/t5?,9-/m0/s1.